The van der Waals surface area contributed by atoms with E-state index in [1.54, 1.807) is 7.05 Å². The number of aliphatic hydroxyl groups is 1. The van der Waals surface area contributed by atoms with E-state index in [0.29, 0.717) is 18.8 Å². The van der Waals surface area contributed by atoms with Gasteiger partial charge in [-0.3, -0.25) is 18.8 Å². The van der Waals surface area contributed by atoms with Gasteiger partial charge in [0, 0.05) is 45.5 Å². The molecule has 17 heavy (non-hydrogen) atoms. The van der Waals surface area contributed by atoms with Crippen LogP contribution in [0.25, 0.3) is 0 Å². The van der Waals surface area contributed by atoms with Gasteiger partial charge in [0.05, 0.1) is 6.10 Å². The van der Waals surface area contributed by atoms with Crippen molar-refractivity contribution in [1.82, 2.24) is 14.0 Å². The molecule has 6 heteroatoms. The van der Waals surface area contributed by atoms with E-state index in [-0.39, 0.29) is 17.4 Å². The molecule has 94 valence electrons. The van der Waals surface area contributed by atoms with Gasteiger partial charge in [0.2, 0.25) is 0 Å². The van der Waals surface area contributed by atoms with Crippen LogP contribution in [0.4, 0.5) is 0 Å². The van der Waals surface area contributed by atoms with Gasteiger partial charge in [-0.1, -0.05) is 0 Å². The van der Waals surface area contributed by atoms with Crippen LogP contribution in [0.2, 0.25) is 0 Å². The minimum Gasteiger partial charge on any atom is -0.392 e. The number of hydrogen-bond donors (Lipinski definition) is 1. The highest BCUT2D eigenvalue weighted by Gasteiger charge is 2.21. The van der Waals surface area contributed by atoms with Crippen molar-refractivity contribution < 1.29 is 5.11 Å². The fourth-order valence-corrected chi connectivity index (χ4v) is 2.11. The van der Waals surface area contributed by atoms with E-state index in [9.17, 15) is 14.7 Å². The molecule has 0 bridgehead atoms. The van der Waals surface area contributed by atoms with Gasteiger partial charge in [0.1, 0.15) is 0 Å². The largest absolute Gasteiger partial charge is 0.392 e. The summed E-state index contributed by atoms with van der Waals surface area (Å²) in [5.74, 6) is 0. The molecule has 0 aromatic carbocycles. The zero-order chi connectivity index (χ0) is 12.6. The summed E-state index contributed by atoms with van der Waals surface area (Å²) in [6, 6.07) is 1.48. The molecule has 1 saturated heterocycles. The van der Waals surface area contributed by atoms with Gasteiger partial charge in [-0.2, -0.15) is 0 Å². The van der Waals surface area contributed by atoms with Crippen LogP contribution in [0.15, 0.2) is 15.7 Å². The van der Waals surface area contributed by atoms with Crippen molar-refractivity contribution in [2.75, 3.05) is 13.1 Å². The average Bonchev–Trinajstić information content (AvgIpc) is 2.69. The third kappa shape index (κ3) is 2.32. The van der Waals surface area contributed by atoms with Gasteiger partial charge in [-0.15, -0.1) is 0 Å². The number of β-amino-alcohol motifs (C(OH)–C–C–N with tert-alkyl or cyclic N) is 1. The maximum Gasteiger partial charge on any atom is 0.330 e. The Morgan fingerprint density at radius 2 is 2.06 bits per heavy atom. The van der Waals surface area contributed by atoms with Crippen molar-refractivity contribution in [3.8, 4) is 0 Å². The SMILES string of the molecule is Cn1c(CN2CC[C@@H](O)C2)cc(=O)n(C)c1=O. The Hall–Kier alpha value is -1.40. The highest BCUT2D eigenvalue weighted by molar-refractivity contribution is 5.02. The Balaban J connectivity index is 2.28. The maximum atomic E-state index is 11.7. The Morgan fingerprint density at radius 3 is 2.65 bits per heavy atom. The van der Waals surface area contributed by atoms with Crippen LogP contribution in [-0.4, -0.2) is 38.3 Å². The van der Waals surface area contributed by atoms with Crippen molar-refractivity contribution in [3.63, 3.8) is 0 Å². The number of likely N-dealkylation sites (tertiary alicyclic amines) is 1. The molecule has 0 spiro atoms. The van der Waals surface area contributed by atoms with E-state index in [0.717, 1.165) is 17.5 Å². The zero-order valence-electron chi connectivity index (χ0n) is 10.1. The average molecular weight is 239 g/mol. The molecule has 0 radical (unpaired) electrons. The molecule has 1 aliphatic heterocycles. The molecule has 1 N–H and O–H groups in total. The highest BCUT2D eigenvalue weighted by atomic mass is 16.3. The number of hydrogen-bond acceptors (Lipinski definition) is 4. The first kappa shape index (κ1) is 12.1. The molecule has 6 nitrogen and oxygen atoms in total. The predicted octanol–water partition coefficient (Wildman–Crippen LogP) is -1.35. The summed E-state index contributed by atoms with van der Waals surface area (Å²) in [5.41, 5.74) is 0.0855. The van der Waals surface area contributed by atoms with Gasteiger partial charge < -0.3 is 5.11 Å². The third-order valence-electron chi connectivity index (χ3n) is 3.26. The molecule has 1 aromatic heterocycles. The lowest BCUT2D eigenvalue weighted by Gasteiger charge is -2.17. The number of aliphatic hydroxyl groups excluding tert-OH is 1. The maximum absolute atomic E-state index is 11.7. The van der Waals surface area contributed by atoms with Gasteiger partial charge in [-0.05, 0) is 6.42 Å². The molecule has 1 aromatic rings. The second-order valence-corrected chi connectivity index (χ2v) is 4.55. The predicted molar refractivity (Wildman–Crippen MR) is 62.8 cm³/mol. The molecule has 0 aliphatic carbocycles. The van der Waals surface area contributed by atoms with E-state index in [4.69, 9.17) is 0 Å². The number of aromatic nitrogens is 2. The van der Waals surface area contributed by atoms with Crippen molar-refractivity contribution in [3.05, 3.63) is 32.6 Å². The first-order chi connectivity index (χ1) is 7.99. The minimum atomic E-state index is -0.313. The van der Waals surface area contributed by atoms with Gasteiger partial charge in [-0.25, -0.2) is 4.79 Å². The molecular formula is C11H17N3O3. The smallest absolute Gasteiger partial charge is 0.330 e. The molecular weight excluding hydrogens is 222 g/mol. The molecule has 0 amide bonds. The van der Waals surface area contributed by atoms with Crippen LogP contribution < -0.4 is 11.2 Å². The van der Waals surface area contributed by atoms with Gasteiger partial charge >= 0.3 is 5.69 Å². The Bertz CT molecular complexity index is 532. The quantitative estimate of drug-likeness (QED) is 0.693. The summed E-state index contributed by atoms with van der Waals surface area (Å²) in [6.45, 7) is 1.92. The summed E-state index contributed by atoms with van der Waals surface area (Å²) in [4.78, 5) is 25.3. The number of rotatable bonds is 2. The third-order valence-corrected chi connectivity index (χ3v) is 3.26. The lowest BCUT2D eigenvalue weighted by molar-refractivity contribution is 0.174. The molecule has 2 heterocycles. The topological polar surface area (TPSA) is 67.5 Å². The summed E-state index contributed by atoms with van der Waals surface area (Å²) < 4.78 is 2.56. The van der Waals surface area contributed by atoms with Gasteiger partial charge in [0.15, 0.2) is 0 Å². The fraction of sp³-hybridized carbons (Fsp3) is 0.636. The van der Waals surface area contributed by atoms with Crippen LogP contribution in [-0.2, 0) is 20.6 Å². The van der Waals surface area contributed by atoms with Crippen LogP contribution in [0.1, 0.15) is 12.1 Å². The van der Waals surface area contributed by atoms with Gasteiger partial charge in [0.25, 0.3) is 5.56 Å². The normalized spacial score (nSPS) is 21.0. The molecule has 0 unspecified atom stereocenters. The van der Waals surface area contributed by atoms with Crippen LogP contribution in [0.3, 0.4) is 0 Å². The molecule has 2 rings (SSSR count). The van der Waals surface area contributed by atoms with Crippen LogP contribution in [0.5, 0.6) is 0 Å². The minimum absolute atomic E-state index is 0.289. The molecule has 1 aliphatic rings. The van der Waals surface area contributed by atoms with E-state index < -0.39 is 0 Å². The fourth-order valence-electron chi connectivity index (χ4n) is 2.11. The van der Waals surface area contributed by atoms with Crippen molar-refractivity contribution >= 4 is 0 Å². The highest BCUT2D eigenvalue weighted by Crippen LogP contribution is 2.11. The van der Waals surface area contributed by atoms with Crippen molar-refractivity contribution in [2.24, 2.45) is 14.1 Å². The first-order valence-electron chi connectivity index (χ1n) is 5.65. The summed E-state index contributed by atoms with van der Waals surface area (Å²) in [6.07, 6.45) is 0.456. The summed E-state index contributed by atoms with van der Waals surface area (Å²) in [5, 5.41) is 9.42. The van der Waals surface area contributed by atoms with E-state index in [1.807, 2.05) is 4.90 Å². The van der Waals surface area contributed by atoms with Crippen LogP contribution in [0, 0.1) is 0 Å². The standard InChI is InChI=1S/C11H17N3O3/c1-12-8(5-10(16)13(2)11(12)17)6-14-4-3-9(15)7-14/h5,9,15H,3-4,6-7H2,1-2H3/t9-/m1/s1. The molecule has 1 atom stereocenters. The van der Waals surface area contributed by atoms with Crippen molar-refractivity contribution in [1.29, 1.82) is 0 Å². The molecule has 1 fully saturated rings. The van der Waals surface area contributed by atoms with E-state index in [2.05, 4.69) is 0 Å². The summed E-state index contributed by atoms with van der Waals surface area (Å²) in [7, 11) is 3.12. The molecule has 0 saturated carbocycles. The lowest BCUT2D eigenvalue weighted by Crippen LogP contribution is -2.39. The van der Waals surface area contributed by atoms with E-state index in [1.165, 1.54) is 17.7 Å². The van der Waals surface area contributed by atoms with Crippen LogP contribution >= 0.6 is 0 Å². The first-order valence-corrected chi connectivity index (χ1v) is 5.65. The second-order valence-electron chi connectivity index (χ2n) is 4.55. The van der Waals surface area contributed by atoms with Crippen molar-refractivity contribution in [2.45, 2.75) is 19.1 Å². The monoisotopic (exact) mass is 239 g/mol. The Kier molecular flexibility index (Phi) is 3.17. The lowest BCUT2D eigenvalue weighted by atomic mass is 10.3. The summed E-state index contributed by atoms with van der Waals surface area (Å²) >= 11 is 0. The Labute approximate surface area is 98.7 Å². The Morgan fingerprint density at radius 1 is 1.35 bits per heavy atom. The second kappa shape index (κ2) is 4.46. The number of nitrogens with zero attached hydrogens (tertiary/aromatic N) is 3. The zero-order valence-corrected chi connectivity index (χ0v) is 10.1. The van der Waals surface area contributed by atoms with E-state index >= 15 is 0 Å².